The van der Waals surface area contributed by atoms with Crippen LogP contribution in [0.5, 0.6) is 0 Å². The topological polar surface area (TPSA) is 116 Å². The van der Waals surface area contributed by atoms with Gasteiger partial charge in [0.25, 0.3) is 11.6 Å². The summed E-state index contributed by atoms with van der Waals surface area (Å²) in [4.78, 5) is 35.8. The molecule has 2 aliphatic heterocycles. The number of benzene rings is 1. The summed E-state index contributed by atoms with van der Waals surface area (Å²) in [5, 5.41) is 9.89. The van der Waals surface area contributed by atoms with Gasteiger partial charge < -0.3 is 10.5 Å². The van der Waals surface area contributed by atoms with E-state index in [4.69, 9.17) is 10.5 Å². The quantitative estimate of drug-likeness (QED) is 0.216. The van der Waals surface area contributed by atoms with E-state index in [9.17, 15) is 19.7 Å². The molecule has 3 rings (SSSR count). The summed E-state index contributed by atoms with van der Waals surface area (Å²) in [5.74, 6) is 0.308. The number of hydrogen-bond donors (Lipinski definition) is 1. The average Bonchev–Trinajstić information content (AvgIpc) is 2.58. The Morgan fingerprint density at radius 3 is 2.75 bits per heavy atom. The van der Waals surface area contributed by atoms with Crippen LogP contribution < -0.4 is 5.73 Å². The molecule has 2 heterocycles. The minimum Gasteiger partial charge on any atom is -0.421 e. The molecule has 2 saturated heterocycles. The lowest BCUT2D eigenvalue weighted by molar-refractivity contribution is -0.384. The Kier molecular flexibility index (Phi) is 4.29. The van der Waals surface area contributed by atoms with Crippen LogP contribution in [0.4, 0.5) is 10.5 Å². The first-order valence-corrected chi connectivity index (χ1v) is 8.66. The molecule has 0 bridgehead atoms. The fourth-order valence-electron chi connectivity index (χ4n) is 2.73. The Bertz CT molecular complexity index is 720. The van der Waals surface area contributed by atoms with Crippen molar-refractivity contribution < 1.29 is 19.2 Å². The van der Waals surface area contributed by atoms with Crippen molar-refractivity contribution in [1.82, 2.24) is 4.90 Å². The van der Waals surface area contributed by atoms with Gasteiger partial charge in [0.1, 0.15) is 23.3 Å². The molecule has 3 atom stereocenters. The first-order valence-electron chi connectivity index (χ1n) is 7.21. The number of carbonyl (C=O) groups excluding carboxylic acids is 2. The minimum atomic E-state index is -0.832. The highest BCUT2D eigenvalue weighted by atomic mass is 32.2. The van der Waals surface area contributed by atoms with Gasteiger partial charge in [0.05, 0.1) is 11.5 Å². The van der Waals surface area contributed by atoms with E-state index in [0.29, 0.717) is 17.9 Å². The Hall–Kier alpha value is -2.39. The number of nitrogens with zero attached hydrogens (tertiary/aromatic N) is 2. The number of ether oxygens (including phenoxy) is 1. The normalized spacial score (nSPS) is 25.7. The smallest absolute Gasteiger partial charge is 0.421 e. The number of fused-ring (bicyclic) bond motifs is 1. The van der Waals surface area contributed by atoms with Crippen molar-refractivity contribution in [1.29, 1.82) is 0 Å². The van der Waals surface area contributed by atoms with Gasteiger partial charge in [-0.2, -0.15) is 4.79 Å². The van der Waals surface area contributed by atoms with Crippen molar-refractivity contribution in [2.75, 3.05) is 12.3 Å². The molecular weight excluding hydrogens is 334 g/mol. The highest BCUT2D eigenvalue weighted by molar-refractivity contribution is 8.11. The molecule has 0 radical (unpaired) electrons. The molecule has 0 aliphatic carbocycles. The Balaban J connectivity index is 1.63. The van der Waals surface area contributed by atoms with Crippen LogP contribution in [-0.4, -0.2) is 44.7 Å². The molecule has 0 spiro atoms. The second-order valence-corrected chi connectivity index (χ2v) is 7.63. The van der Waals surface area contributed by atoms with Crippen molar-refractivity contribution >= 4 is 27.8 Å². The van der Waals surface area contributed by atoms with E-state index >= 15 is 0 Å². The second-order valence-electron chi connectivity index (χ2n) is 5.67. The number of nitro benzene ring substituents is 1. The Labute approximate surface area is 140 Å². The molecule has 24 heavy (non-hydrogen) atoms. The summed E-state index contributed by atoms with van der Waals surface area (Å²) >= 11 is 0. The predicted octanol–water partition coefficient (Wildman–Crippen LogP) is 0.915. The maximum Gasteiger partial charge on any atom is 0.528 e. The zero-order chi connectivity index (χ0) is 17.4. The number of amides is 1. The van der Waals surface area contributed by atoms with Gasteiger partial charge in [-0.3, -0.25) is 19.8 Å². The zero-order valence-corrected chi connectivity index (χ0v) is 13.5. The lowest BCUT2D eigenvalue weighted by atomic mass is 10.1. The number of β-lactam (4-membered cyclic amide) rings is 1. The summed E-state index contributed by atoms with van der Waals surface area (Å²) in [5.41, 5.74) is 7.25. The number of nitro groups is 1. The maximum atomic E-state index is 12.4. The van der Waals surface area contributed by atoms with E-state index in [1.54, 1.807) is 17.0 Å². The summed E-state index contributed by atoms with van der Waals surface area (Å²) in [7, 11) is -0.832. The summed E-state index contributed by atoms with van der Waals surface area (Å²) in [6.45, 7) is 4.33. The monoisotopic (exact) mass is 350 g/mol. The summed E-state index contributed by atoms with van der Waals surface area (Å²) < 4.78 is 5.32. The molecule has 2 unspecified atom stereocenters. The third-order valence-electron chi connectivity index (χ3n) is 3.95. The van der Waals surface area contributed by atoms with E-state index in [1.165, 1.54) is 12.1 Å². The maximum absolute atomic E-state index is 12.4. The molecule has 0 aromatic heterocycles. The SMILES string of the molecule is C=C1CN2C(=O)C(N)[C@H]2[S+](C(=O)OCc2ccc([N+](=O)[O-])cc2)C1. The van der Waals surface area contributed by atoms with Crippen LogP contribution in [0.3, 0.4) is 0 Å². The molecule has 2 fully saturated rings. The van der Waals surface area contributed by atoms with Gasteiger partial charge in [-0.1, -0.05) is 6.58 Å². The number of carbonyl (C=O) groups is 2. The molecule has 1 aromatic rings. The van der Waals surface area contributed by atoms with Gasteiger partial charge in [0.2, 0.25) is 5.37 Å². The molecule has 0 saturated carbocycles. The third-order valence-corrected chi connectivity index (χ3v) is 6.34. The average molecular weight is 350 g/mol. The summed E-state index contributed by atoms with van der Waals surface area (Å²) in [6.07, 6.45) is 0. The van der Waals surface area contributed by atoms with Crippen LogP contribution in [0.1, 0.15) is 5.56 Å². The van der Waals surface area contributed by atoms with E-state index in [2.05, 4.69) is 6.58 Å². The van der Waals surface area contributed by atoms with Gasteiger partial charge in [-0.05, 0) is 23.3 Å². The van der Waals surface area contributed by atoms with Crippen molar-refractivity contribution in [2.45, 2.75) is 18.0 Å². The molecule has 1 amide bonds. The van der Waals surface area contributed by atoms with Crippen molar-refractivity contribution in [3.05, 3.63) is 52.1 Å². The van der Waals surface area contributed by atoms with Crippen LogP contribution in [0.15, 0.2) is 36.4 Å². The number of nitrogens with two attached hydrogens (primary N) is 1. The third kappa shape index (κ3) is 2.87. The van der Waals surface area contributed by atoms with E-state index < -0.39 is 27.2 Å². The lowest BCUT2D eigenvalue weighted by Gasteiger charge is -2.45. The van der Waals surface area contributed by atoms with Crippen molar-refractivity contribution in [2.24, 2.45) is 5.73 Å². The van der Waals surface area contributed by atoms with Gasteiger partial charge in [0, 0.05) is 12.1 Å². The molecule has 9 heteroatoms. The van der Waals surface area contributed by atoms with Gasteiger partial charge in [-0.25, -0.2) is 0 Å². The number of non-ortho nitro benzene ring substituents is 1. The van der Waals surface area contributed by atoms with E-state index in [1.807, 2.05) is 0 Å². The minimum absolute atomic E-state index is 0.0166. The Morgan fingerprint density at radius 1 is 1.46 bits per heavy atom. The lowest BCUT2D eigenvalue weighted by Crippen LogP contribution is -2.74. The first kappa shape index (κ1) is 16.5. The largest absolute Gasteiger partial charge is 0.528 e. The fourth-order valence-corrected chi connectivity index (χ4v) is 4.91. The van der Waals surface area contributed by atoms with E-state index in [-0.39, 0.29) is 23.6 Å². The van der Waals surface area contributed by atoms with E-state index in [0.717, 1.165) is 5.57 Å². The fraction of sp³-hybridized carbons (Fsp3) is 0.333. The van der Waals surface area contributed by atoms with Crippen LogP contribution >= 0.6 is 0 Å². The number of hydrogen-bond acceptors (Lipinski definition) is 6. The zero-order valence-electron chi connectivity index (χ0n) is 12.7. The van der Waals surface area contributed by atoms with Crippen LogP contribution in [0.25, 0.3) is 0 Å². The molecule has 2 aliphatic rings. The highest BCUT2D eigenvalue weighted by Gasteiger charge is 2.62. The van der Waals surface area contributed by atoms with Crippen molar-refractivity contribution in [3.8, 4) is 0 Å². The molecule has 8 nitrogen and oxygen atoms in total. The van der Waals surface area contributed by atoms with Crippen molar-refractivity contribution in [3.63, 3.8) is 0 Å². The molecule has 126 valence electrons. The molecular formula is C15H16N3O5S+. The standard InChI is InChI=1S/C15H16N3O5S/c1-9-6-17-13(19)12(16)14(17)24(8-9)15(20)23-7-10-2-4-11(5-3-10)18(21)22/h2-5,12,14H,1,6-8,16H2/q+1/t12?,14-,24?/m1/s1. The second kappa shape index (κ2) is 6.25. The van der Waals surface area contributed by atoms with Crippen LogP contribution in [0.2, 0.25) is 0 Å². The molecule has 1 aromatic carbocycles. The van der Waals surface area contributed by atoms with Gasteiger partial charge in [-0.15, -0.1) is 0 Å². The Morgan fingerprint density at radius 2 is 2.12 bits per heavy atom. The number of rotatable bonds is 3. The first-order chi connectivity index (χ1) is 11.4. The van der Waals surface area contributed by atoms with Crippen LogP contribution in [0, 0.1) is 10.1 Å². The molecule has 2 N–H and O–H groups in total. The predicted molar refractivity (Wildman–Crippen MR) is 88.1 cm³/mol. The van der Waals surface area contributed by atoms with Gasteiger partial charge in [0.15, 0.2) is 6.04 Å². The summed E-state index contributed by atoms with van der Waals surface area (Å²) in [6, 6.07) is 5.14. The van der Waals surface area contributed by atoms with Crippen LogP contribution in [-0.2, 0) is 27.0 Å². The van der Waals surface area contributed by atoms with Gasteiger partial charge >= 0.3 is 5.30 Å². The highest BCUT2D eigenvalue weighted by Crippen LogP contribution is 2.33.